The standard InChI is InChI=1S/C11H6N2S/c12-8-2-1-3-10-4-6-11(7-5-10)13-9-14/h4-7H,2H2. The Morgan fingerprint density at radius 1 is 1.29 bits per heavy atom. The number of nitrogens with zero attached hydrogens (tertiary/aromatic N) is 2. The molecule has 0 aliphatic rings. The summed E-state index contributed by atoms with van der Waals surface area (Å²) >= 11 is 4.47. The van der Waals surface area contributed by atoms with Gasteiger partial charge in [0.05, 0.1) is 23.3 Å². The van der Waals surface area contributed by atoms with E-state index < -0.39 is 0 Å². The fraction of sp³-hybridized carbons (Fsp3) is 0.0909. The fourth-order valence-electron chi connectivity index (χ4n) is 0.858. The predicted octanol–water partition coefficient (Wildman–Crippen LogP) is 2.69. The van der Waals surface area contributed by atoms with Crippen molar-refractivity contribution in [3.05, 3.63) is 29.8 Å². The molecule has 0 heterocycles. The zero-order valence-electron chi connectivity index (χ0n) is 7.32. The lowest BCUT2D eigenvalue weighted by atomic mass is 10.2. The molecule has 14 heavy (non-hydrogen) atoms. The molecule has 0 radical (unpaired) electrons. The largest absolute Gasteiger partial charge is 0.197 e. The first-order chi connectivity index (χ1) is 6.86. The van der Waals surface area contributed by atoms with E-state index in [0.29, 0.717) is 0 Å². The van der Waals surface area contributed by atoms with Gasteiger partial charge in [-0.3, -0.25) is 0 Å². The molecule has 1 aromatic rings. The number of rotatable bonds is 1. The van der Waals surface area contributed by atoms with Crippen LogP contribution in [0.4, 0.5) is 5.69 Å². The third kappa shape index (κ3) is 3.21. The third-order valence-corrected chi connectivity index (χ3v) is 1.53. The van der Waals surface area contributed by atoms with Crippen LogP contribution in [0.1, 0.15) is 12.0 Å². The van der Waals surface area contributed by atoms with Crippen molar-refractivity contribution in [2.24, 2.45) is 4.99 Å². The van der Waals surface area contributed by atoms with Gasteiger partial charge in [0.2, 0.25) is 0 Å². The first kappa shape index (κ1) is 10.2. The van der Waals surface area contributed by atoms with Crippen LogP contribution in [0.15, 0.2) is 29.3 Å². The summed E-state index contributed by atoms with van der Waals surface area (Å²) in [7, 11) is 0. The molecule has 0 saturated heterocycles. The number of aliphatic imine (C=N–C) groups is 1. The summed E-state index contributed by atoms with van der Waals surface area (Å²) in [5.74, 6) is 5.58. The molecule has 0 aliphatic carbocycles. The summed E-state index contributed by atoms with van der Waals surface area (Å²) in [4.78, 5) is 3.81. The number of isothiocyanates is 1. The van der Waals surface area contributed by atoms with E-state index in [1.165, 1.54) is 0 Å². The number of benzene rings is 1. The lowest BCUT2D eigenvalue weighted by molar-refractivity contribution is 1.39. The molecule has 2 nitrogen and oxygen atoms in total. The Bertz CT molecular complexity index is 451. The van der Waals surface area contributed by atoms with E-state index in [-0.39, 0.29) is 6.42 Å². The van der Waals surface area contributed by atoms with E-state index in [1.807, 2.05) is 18.2 Å². The molecule has 0 amide bonds. The molecule has 0 unspecified atom stereocenters. The van der Waals surface area contributed by atoms with E-state index in [9.17, 15) is 0 Å². The smallest absolute Gasteiger partial charge is 0.0966 e. The number of hydrogen-bond acceptors (Lipinski definition) is 3. The molecular weight excluding hydrogens is 192 g/mol. The van der Waals surface area contributed by atoms with E-state index in [1.54, 1.807) is 12.1 Å². The molecular formula is C11H6N2S. The van der Waals surface area contributed by atoms with Crippen LogP contribution in [0.2, 0.25) is 0 Å². The van der Waals surface area contributed by atoms with E-state index >= 15 is 0 Å². The summed E-state index contributed by atoms with van der Waals surface area (Å²) in [5, 5.41) is 10.6. The van der Waals surface area contributed by atoms with Crippen LogP contribution in [0.25, 0.3) is 0 Å². The lowest BCUT2D eigenvalue weighted by Gasteiger charge is -1.90. The van der Waals surface area contributed by atoms with Crippen molar-refractivity contribution < 1.29 is 0 Å². The molecule has 1 aromatic carbocycles. The van der Waals surface area contributed by atoms with Gasteiger partial charge in [0.1, 0.15) is 0 Å². The minimum Gasteiger partial charge on any atom is -0.197 e. The van der Waals surface area contributed by atoms with Crippen LogP contribution in [-0.4, -0.2) is 5.16 Å². The van der Waals surface area contributed by atoms with Crippen molar-refractivity contribution in [2.45, 2.75) is 6.42 Å². The normalized spacial score (nSPS) is 7.64. The molecule has 3 heteroatoms. The summed E-state index contributed by atoms with van der Waals surface area (Å²) in [5.41, 5.74) is 1.62. The van der Waals surface area contributed by atoms with Crippen LogP contribution in [0.5, 0.6) is 0 Å². The van der Waals surface area contributed by atoms with Gasteiger partial charge in [-0.05, 0) is 36.5 Å². The second-order valence-electron chi connectivity index (χ2n) is 2.39. The molecule has 0 bridgehead atoms. The van der Waals surface area contributed by atoms with Crippen molar-refractivity contribution in [1.29, 1.82) is 5.26 Å². The maximum Gasteiger partial charge on any atom is 0.0966 e. The van der Waals surface area contributed by atoms with Crippen molar-refractivity contribution in [1.82, 2.24) is 0 Å². The molecule has 0 aromatic heterocycles. The molecule has 0 spiro atoms. The average Bonchev–Trinajstić information content (AvgIpc) is 2.21. The Balaban J connectivity index is 2.81. The van der Waals surface area contributed by atoms with Crippen LogP contribution in [-0.2, 0) is 0 Å². The van der Waals surface area contributed by atoms with E-state index in [4.69, 9.17) is 5.26 Å². The Morgan fingerprint density at radius 2 is 2.00 bits per heavy atom. The first-order valence-corrected chi connectivity index (χ1v) is 4.31. The van der Waals surface area contributed by atoms with Crippen molar-refractivity contribution in [2.75, 3.05) is 0 Å². The van der Waals surface area contributed by atoms with Gasteiger partial charge < -0.3 is 0 Å². The lowest BCUT2D eigenvalue weighted by Crippen LogP contribution is -1.72. The van der Waals surface area contributed by atoms with Crippen LogP contribution in [0, 0.1) is 23.2 Å². The van der Waals surface area contributed by atoms with Crippen molar-refractivity contribution in [3.63, 3.8) is 0 Å². The highest BCUT2D eigenvalue weighted by Gasteiger charge is 1.87. The van der Waals surface area contributed by atoms with Gasteiger partial charge in [0, 0.05) is 5.56 Å². The molecule has 0 N–H and O–H groups in total. The van der Waals surface area contributed by atoms with Gasteiger partial charge >= 0.3 is 0 Å². The minimum atomic E-state index is 0.250. The van der Waals surface area contributed by atoms with Gasteiger partial charge in [0.25, 0.3) is 0 Å². The third-order valence-electron chi connectivity index (χ3n) is 1.44. The van der Waals surface area contributed by atoms with Crippen LogP contribution < -0.4 is 0 Å². The van der Waals surface area contributed by atoms with E-state index in [0.717, 1.165) is 11.3 Å². The van der Waals surface area contributed by atoms with Gasteiger partial charge in [-0.1, -0.05) is 11.8 Å². The summed E-state index contributed by atoms with van der Waals surface area (Å²) in [6.45, 7) is 0. The molecule has 1 rings (SSSR count). The van der Waals surface area contributed by atoms with Gasteiger partial charge in [-0.2, -0.15) is 10.3 Å². The zero-order valence-corrected chi connectivity index (χ0v) is 8.14. The van der Waals surface area contributed by atoms with Gasteiger partial charge in [-0.25, -0.2) is 0 Å². The summed E-state index contributed by atoms with van der Waals surface area (Å²) in [6, 6.07) is 9.21. The maximum absolute atomic E-state index is 8.27. The highest BCUT2D eigenvalue weighted by Crippen LogP contribution is 2.11. The van der Waals surface area contributed by atoms with Crippen molar-refractivity contribution in [3.8, 4) is 17.9 Å². The monoisotopic (exact) mass is 198 g/mol. The second kappa shape index (κ2) is 5.67. The summed E-state index contributed by atoms with van der Waals surface area (Å²) in [6.07, 6.45) is 0.250. The molecule has 0 fully saturated rings. The fourth-order valence-corrected chi connectivity index (χ4v) is 0.963. The van der Waals surface area contributed by atoms with Crippen molar-refractivity contribution >= 4 is 23.1 Å². The molecule has 0 aliphatic heterocycles. The number of nitriles is 1. The zero-order chi connectivity index (χ0) is 10.2. The SMILES string of the molecule is N#CCC#Cc1ccc(N=C=S)cc1. The van der Waals surface area contributed by atoms with Gasteiger partial charge in [0.15, 0.2) is 0 Å². The first-order valence-electron chi connectivity index (χ1n) is 3.90. The molecule has 66 valence electrons. The second-order valence-corrected chi connectivity index (χ2v) is 2.57. The maximum atomic E-state index is 8.27. The van der Waals surface area contributed by atoms with Gasteiger partial charge in [-0.15, -0.1) is 0 Å². The summed E-state index contributed by atoms with van der Waals surface area (Å²) < 4.78 is 0. The predicted molar refractivity (Wildman–Crippen MR) is 58.2 cm³/mol. The number of thiocarbonyl (C=S) groups is 1. The average molecular weight is 198 g/mol. The Kier molecular flexibility index (Phi) is 4.11. The Hall–Kier alpha value is -1.93. The number of hydrogen-bond donors (Lipinski definition) is 0. The molecule has 0 atom stereocenters. The van der Waals surface area contributed by atoms with E-state index in [2.05, 4.69) is 34.2 Å². The Morgan fingerprint density at radius 3 is 2.57 bits per heavy atom. The highest BCUT2D eigenvalue weighted by molar-refractivity contribution is 7.78. The Labute approximate surface area is 87.9 Å². The van der Waals surface area contributed by atoms with Crippen LogP contribution >= 0.6 is 12.2 Å². The minimum absolute atomic E-state index is 0.250. The quantitative estimate of drug-likeness (QED) is 0.395. The van der Waals surface area contributed by atoms with Crippen LogP contribution in [0.3, 0.4) is 0 Å². The molecule has 0 saturated carbocycles. The topological polar surface area (TPSA) is 36.1 Å². The highest BCUT2D eigenvalue weighted by atomic mass is 32.1.